The summed E-state index contributed by atoms with van der Waals surface area (Å²) in [7, 11) is 1.58. The topological polar surface area (TPSA) is 48.4 Å². The number of carbonyl (C=O) groups is 1. The van der Waals surface area contributed by atoms with E-state index in [-0.39, 0.29) is 6.61 Å². The molecule has 1 aromatic heterocycles. The highest BCUT2D eigenvalue weighted by molar-refractivity contribution is 7.13. The van der Waals surface area contributed by atoms with Gasteiger partial charge in [-0.05, 0) is 24.3 Å². The van der Waals surface area contributed by atoms with Crippen LogP contribution < -0.4 is 4.74 Å². The molecule has 0 saturated carbocycles. The second-order valence-corrected chi connectivity index (χ2v) is 5.91. The molecule has 128 valence electrons. The molecule has 7 heteroatoms. The maximum Gasteiger partial charge on any atom is 0.344 e. The average molecular weight is 361 g/mol. The molecule has 0 aliphatic carbocycles. The number of rotatable bonds is 5. The second kappa shape index (κ2) is 7.40. The van der Waals surface area contributed by atoms with Crippen LogP contribution in [0.2, 0.25) is 0 Å². The number of thiazole rings is 1. The van der Waals surface area contributed by atoms with E-state index in [1.165, 1.54) is 17.4 Å². The van der Waals surface area contributed by atoms with Gasteiger partial charge in [0, 0.05) is 10.9 Å². The van der Waals surface area contributed by atoms with Crippen LogP contribution in [0.5, 0.6) is 5.75 Å². The van der Waals surface area contributed by atoms with E-state index in [4.69, 9.17) is 9.47 Å². The van der Waals surface area contributed by atoms with Gasteiger partial charge >= 0.3 is 5.97 Å². The molecule has 0 bridgehead atoms. The highest BCUT2D eigenvalue weighted by Crippen LogP contribution is 2.27. The smallest absolute Gasteiger partial charge is 0.344 e. The van der Waals surface area contributed by atoms with Gasteiger partial charge in [0.1, 0.15) is 34.6 Å². The first-order valence-corrected chi connectivity index (χ1v) is 8.16. The number of aromatic nitrogens is 1. The molecular weight excluding hydrogens is 348 g/mol. The van der Waals surface area contributed by atoms with Gasteiger partial charge in [0.2, 0.25) is 0 Å². The van der Waals surface area contributed by atoms with Crippen molar-refractivity contribution in [3.63, 3.8) is 0 Å². The molecule has 2 aromatic carbocycles. The Bertz CT molecular complexity index is 891. The zero-order chi connectivity index (χ0) is 17.8. The first-order chi connectivity index (χ1) is 12.1. The molecule has 0 fully saturated rings. The molecule has 0 radical (unpaired) electrons. The first kappa shape index (κ1) is 17.0. The van der Waals surface area contributed by atoms with E-state index < -0.39 is 23.2 Å². The molecule has 1 heterocycles. The Morgan fingerprint density at radius 1 is 1.16 bits per heavy atom. The zero-order valence-electron chi connectivity index (χ0n) is 13.2. The number of hydrogen-bond acceptors (Lipinski definition) is 5. The predicted molar refractivity (Wildman–Crippen MR) is 89.6 cm³/mol. The van der Waals surface area contributed by atoms with Gasteiger partial charge in [-0.1, -0.05) is 18.2 Å². The van der Waals surface area contributed by atoms with Crippen LogP contribution in [0.1, 0.15) is 16.1 Å². The maximum absolute atomic E-state index is 13.6. The van der Waals surface area contributed by atoms with Crippen LogP contribution in [0.3, 0.4) is 0 Å². The minimum Gasteiger partial charge on any atom is -0.497 e. The van der Waals surface area contributed by atoms with Crippen LogP contribution in [-0.2, 0) is 11.3 Å². The van der Waals surface area contributed by atoms with Crippen LogP contribution in [-0.4, -0.2) is 18.1 Å². The molecule has 4 nitrogen and oxygen atoms in total. The van der Waals surface area contributed by atoms with E-state index in [1.54, 1.807) is 12.5 Å². The van der Waals surface area contributed by atoms with Crippen molar-refractivity contribution in [2.24, 2.45) is 0 Å². The van der Waals surface area contributed by atoms with Crippen molar-refractivity contribution in [2.45, 2.75) is 6.61 Å². The monoisotopic (exact) mass is 361 g/mol. The third kappa shape index (κ3) is 3.83. The summed E-state index contributed by atoms with van der Waals surface area (Å²) in [5.74, 6) is -2.28. The van der Waals surface area contributed by atoms with Crippen molar-refractivity contribution < 1.29 is 23.0 Å². The number of carbonyl (C=O) groups excluding carboxylic acids is 1. The fraction of sp³-hybridized carbons (Fsp3) is 0.111. The Balaban J connectivity index is 1.70. The predicted octanol–water partition coefficient (Wildman–Crippen LogP) is 4.45. The van der Waals surface area contributed by atoms with Gasteiger partial charge in [-0.25, -0.2) is 18.6 Å². The summed E-state index contributed by atoms with van der Waals surface area (Å²) < 4.78 is 37.3. The molecule has 0 spiro atoms. The number of nitrogens with zero attached hydrogens (tertiary/aromatic N) is 1. The lowest BCUT2D eigenvalue weighted by Gasteiger charge is -2.05. The molecule has 3 aromatic rings. The minimum atomic E-state index is -1.06. The molecule has 0 aliphatic heterocycles. The van der Waals surface area contributed by atoms with E-state index in [1.807, 2.05) is 24.3 Å². The van der Waals surface area contributed by atoms with Crippen molar-refractivity contribution in [1.82, 2.24) is 4.98 Å². The largest absolute Gasteiger partial charge is 0.497 e. The number of hydrogen-bond donors (Lipinski definition) is 0. The average Bonchev–Trinajstić information content (AvgIpc) is 3.09. The lowest BCUT2D eigenvalue weighted by molar-refractivity contribution is 0.0457. The fourth-order valence-electron chi connectivity index (χ4n) is 2.17. The molecule has 0 aliphatic rings. The molecule has 3 rings (SSSR count). The van der Waals surface area contributed by atoms with Gasteiger partial charge in [0.25, 0.3) is 0 Å². The maximum atomic E-state index is 13.6. The zero-order valence-corrected chi connectivity index (χ0v) is 14.0. The summed E-state index contributed by atoms with van der Waals surface area (Å²) in [6, 6.07) is 10.6. The van der Waals surface area contributed by atoms with Gasteiger partial charge in [-0.2, -0.15) is 0 Å². The van der Waals surface area contributed by atoms with E-state index >= 15 is 0 Å². The van der Waals surface area contributed by atoms with Gasteiger partial charge in [0.15, 0.2) is 0 Å². The molecular formula is C18H13F2NO3S. The lowest BCUT2D eigenvalue weighted by atomic mass is 10.2. The summed E-state index contributed by atoms with van der Waals surface area (Å²) in [6.07, 6.45) is 0. The summed E-state index contributed by atoms with van der Waals surface area (Å²) in [6.45, 7) is -0.174. The van der Waals surface area contributed by atoms with Crippen molar-refractivity contribution in [1.29, 1.82) is 0 Å². The lowest BCUT2D eigenvalue weighted by Crippen LogP contribution is -2.10. The van der Waals surface area contributed by atoms with E-state index in [2.05, 4.69) is 4.98 Å². The van der Waals surface area contributed by atoms with E-state index in [0.29, 0.717) is 11.4 Å². The molecule has 0 unspecified atom stereocenters. The second-order valence-electron chi connectivity index (χ2n) is 5.05. The quantitative estimate of drug-likeness (QED) is 0.630. The van der Waals surface area contributed by atoms with Crippen LogP contribution >= 0.6 is 11.3 Å². The van der Waals surface area contributed by atoms with E-state index in [0.717, 1.165) is 22.7 Å². The van der Waals surface area contributed by atoms with Crippen molar-refractivity contribution in [2.75, 3.05) is 7.11 Å². The summed E-state index contributed by atoms with van der Waals surface area (Å²) in [5, 5.41) is 2.45. The highest BCUT2D eigenvalue weighted by Gasteiger charge is 2.19. The third-order valence-corrected chi connectivity index (χ3v) is 4.33. The molecule has 25 heavy (non-hydrogen) atoms. The van der Waals surface area contributed by atoms with Crippen molar-refractivity contribution in [3.05, 3.63) is 70.7 Å². The Kier molecular flexibility index (Phi) is 5.04. The van der Waals surface area contributed by atoms with Gasteiger partial charge in [-0.15, -0.1) is 11.3 Å². The van der Waals surface area contributed by atoms with Crippen LogP contribution in [0.15, 0.2) is 47.8 Å². The van der Waals surface area contributed by atoms with Crippen LogP contribution in [0.25, 0.3) is 10.6 Å². The van der Waals surface area contributed by atoms with Gasteiger partial charge in [0.05, 0.1) is 12.8 Å². The van der Waals surface area contributed by atoms with Gasteiger partial charge in [-0.3, -0.25) is 0 Å². The Morgan fingerprint density at radius 3 is 2.60 bits per heavy atom. The SMILES string of the molecule is COc1cccc(-c2nc(COC(=O)c3c(F)cccc3F)cs2)c1. The van der Waals surface area contributed by atoms with Crippen LogP contribution in [0.4, 0.5) is 8.78 Å². The Morgan fingerprint density at radius 2 is 1.88 bits per heavy atom. The normalized spacial score (nSPS) is 10.5. The summed E-state index contributed by atoms with van der Waals surface area (Å²) in [4.78, 5) is 16.2. The van der Waals surface area contributed by atoms with Crippen LogP contribution in [0, 0.1) is 11.6 Å². The number of halogens is 2. The first-order valence-electron chi connectivity index (χ1n) is 7.28. The molecule has 0 amide bonds. The Hall–Kier alpha value is -2.80. The Labute approximate surface area is 146 Å². The number of esters is 1. The standard InChI is InChI=1S/C18H13F2NO3S/c1-23-13-5-2-4-11(8-13)17-21-12(10-25-17)9-24-18(22)16-14(19)6-3-7-15(16)20/h2-8,10H,9H2,1H3. The van der Waals surface area contributed by atoms with E-state index in [9.17, 15) is 13.6 Å². The molecule has 0 atom stereocenters. The summed E-state index contributed by atoms with van der Waals surface area (Å²) >= 11 is 1.37. The third-order valence-electron chi connectivity index (χ3n) is 3.39. The molecule has 0 saturated heterocycles. The number of benzene rings is 2. The van der Waals surface area contributed by atoms with Gasteiger partial charge < -0.3 is 9.47 Å². The van der Waals surface area contributed by atoms with Crippen molar-refractivity contribution in [3.8, 4) is 16.3 Å². The highest BCUT2D eigenvalue weighted by atomic mass is 32.1. The minimum absolute atomic E-state index is 0.174. The van der Waals surface area contributed by atoms with Crippen molar-refractivity contribution >= 4 is 17.3 Å². The molecule has 0 N–H and O–H groups in total. The number of methoxy groups -OCH3 is 1. The number of ether oxygens (including phenoxy) is 2. The summed E-state index contributed by atoms with van der Waals surface area (Å²) in [5.41, 5.74) is 0.653. The fourth-order valence-corrected chi connectivity index (χ4v) is 2.97.